The van der Waals surface area contributed by atoms with E-state index in [1.165, 1.54) is 7.11 Å². The van der Waals surface area contributed by atoms with Crippen LogP contribution in [-0.4, -0.2) is 29.6 Å². The number of benzene rings is 1. The number of ether oxygens (including phenoxy) is 1. The van der Waals surface area contributed by atoms with Crippen LogP contribution < -0.4 is 10.5 Å². The highest BCUT2D eigenvalue weighted by Gasteiger charge is 2.25. The molecule has 0 bridgehead atoms. The third-order valence-electron chi connectivity index (χ3n) is 3.58. The van der Waals surface area contributed by atoms with E-state index < -0.39 is 0 Å². The largest absolute Gasteiger partial charge is 0.494 e. The molecular weight excluding hydrogens is 263 g/mol. The quantitative estimate of drug-likeness (QED) is 0.861. The monoisotopic (exact) mass is 282 g/mol. The molecule has 1 atom stereocenters. The summed E-state index contributed by atoms with van der Waals surface area (Å²) in [7, 11) is 1.47. The second-order valence-electron chi connectivity index (χ2n) is 4.82. The van der Waals surface area contributed by atoms with Crippen LogP contribution in [0.1, 0.15) is 24.8 Å². The third kappa shape index (κ3) is 3.22. The maximum Gasteiger partial charge on any atom is 0.169 e. The highest BCUT2D eigenvalue weighted by Crippen LogP contribution is 2.24. The predicted molar refractivity (Wildman–Crippen MR) is 77.8 cm³/mol. The summed E-state index contributed by atoms with van der Waals surface area (Å²) in [6.45, 7) is 1.42. The summed E-state index contributed by atoms with van der Waals surface area (Å²) in [6.07, 6.45) is 3.19. The van der Waals surface area contributed by atoms with Gasteiger partial charge in [0.1, 0.15) is 0 Å². The van der Waals surface area contributed by atoms with Crippen LogP contribution in [-0.2, 0) is 6.54 Å². The normalized spacial score (nSPS) is 20.2. The van der Waals surface area contributed by atoms with Gasteiger partial charge in [-0.2, -0.15) is 0 Å². The van der Waals surface area contributed by atoms with Gasteiger partial charge in [-0.05, 0) is 25.5 Å². The van der Waals surface area contributed by atoms with Crippen molar-refractivity contribution in [2.45, 2.75) is 31.8 Å². The second kappa shape index (κ2) is 6.30. The Bertz CT molecular complexity index is 467. The van der Waals surface area contributed by atoms with Crippen LogP contribution in [0, 0.1) is 5.82 Å². The first-order valence-corrected chi connectivity index (χ1v) is 6.89. The van der Waals surface area contributed by atoms with E-state index in [9.17, 15) is 4.39 Å². The van der Waals surface area contributed by atoms with Crippen molar-refractivity contribution in [1.82, 2.24) is 4.90 Å². The summed E-state index contributed by atoms with van der Waals surface area (Å²) in [5.41, 5.74) is 6.40. The fraction of sp³-hybridized carbons (Fsp3) is 0.500. The van der Waals surface area contributed by atoms with Crippen molar-refractivity contribution in [3.63, 3.8) is 0 Å². The van der Waals surface area contributed by atoms with E-state index in [4.69, 9.17) is 22.7 Å². The number of methoxy groups -OCH3 is 1. The molecule has 1 unspecified atom stereocenters. The van der Waals surface area contributed by atoms with Crippen LogP contribution in [0.25, 0.3) is 0 Å². The van der Waals surface area contributed by atoms with Crippen molar-refractivity contribution in [3.05, 3.63) is 29.6 Å². The molecule has 0 radical (unpaired) electrons. The molecule has 0 amide bonds. The summed E-state index contributed by atoms with van der Waals surface area (Å²) < 4.78 is 19.1. The number of thiocarbonyl (C=S) groups is 1. The van der Waals surface area contributed by atoms with Crippen LogP contribution in [0.2, 0.25) is 0 Å². The standard InChI is InChI=1S/C14H19FN2OS/c1-18-12-7-4-5-10(13(12)15)9-17-8-3-2-6-11(17)14(16)19/h4-5,7,11H,2-3,6,8-9H2,1H3,(H2,16,19). The molecule has 1 saturated heterocycles. The van der Waals surface area contributed by atoms with Gasteiger partial charge < -0.3 is 10.5 Å². The van der Waals surface area contributed by atoms with Gasteiger partial charge in [-0.1, -0.05) is 30.8 Å². The summed E-state index contributed by atoms with van der Waals surface area (Å²) in [4.78, 5) is 2.66. The van der Waals surface area contributed by atoms with E-state index in [-0.39, 0.29) is 17.6 Å². The lowest BCUT2D eigenvalue weighted by atomic mass is 10.0. The minimum atomic E-state index is -0.294. The molecule has 0 aliphatic carbocycles. The molecule has 1 aliphatic rings. The molecular formula is C14H19FN2OS. The number of piperidine rings is 1. The molecule has 1 fully saturated rings. The van der Waals surface area contributed by atoms with Gasteiger partial charge in [0.15, 0.2) is 11.6 Å². The second-order valence-corrected chi connectivity index (χ2v) is 5.29. The molecule has 104 valence electrons. The highest BCUT2D eigenvalue weighted by molar-refractivity contribution is 7.80. The van der Waals surface area contributed by atoms with Crippen LogP contribution in [0.15, 0.2) is 18.2 Å². The minimum Gasteiger partial charge on any atom is -0.494 e. The zero-order chi connectivity index (χ0) is 13.8. The van der Waals surface area contributed by atoms with Gasteiger partial charge >= 0.3 is 0 Å². The van der Waals surface area contributed by atoms with Gasteiger partial charge in [-0.3, -0.25) is 4.90 Å². The summed E-state index contributed by atoms with van der Waals surface area (Å²) in [5, 5.41) is 0. The summed E-state index contributed by atoms with van der Waals surface area (Å²) >= 11 is 5.11. The van der Waals surface area contributed by atoms with Gasteiger partial charge in [-0.15, -0.1) is 0 Å². The van der Waals surface area contributed by atoms with E-state index in [1.807, 2.05) is 0 Å². The zero-order valence-electron chi connectivity index (χ0n) is 11.1. The molecule has 2 N–H and O–H groups in total. The minimum absolute atomic E-state index is 0.0781. The fourth-order valence-electron chi connectivity index (χ4n) is 2.56. The topological polar surface area (TPSA) is 38.5 Å². The first-order valence-electron chi connectivity index (χ1n) is 6.48. The number of nitrogens with two attached hydrogens (primary N) is 1. The number of nitrogens with zero attached hydrogens (tertiary/aromatic N) is 1. The lowest BCUT2D eigenvalue weighted by Gasteiger charge is -2.35. The maximum absolute atomic E-state index is 14.1. The fourth-order valence-corrected chi connectivity index (χ4v) is 2.82. The number of hydrogen-bond donors (Lipinski definition) is 1. The average Bonchev–Trinajstić information content (AvgIpc) is 2.41. The average molecular weight is 282 g/mol. The third-order valence-corrected chi connectivity index (χ3v) is 3.85. The number of halogens is 1. The molecule has 5 heteroatoms. The van der Waals surface area contributed by atoms with Crippen molar-refractivity contribution >= 4 is 17.2 Å². The van der Waals surface area contributed by atoms with Gasteiger partial charge in [0, 0.05) is 12.1 Å². The summed E-state index contributed by atoms with van der Waals surface area (Å²) in [6, 6.07) is 5.29. The molecule has 2 rings (SSSR count). The first-order chi connectivity index (χ1) is 9.13. The van der Waals surface area contributed by atoms with E-state index >= 15 is 0 Å². The van der Waals surface area contributed by atoms with Crippen LogP contribution in [0.3, 0.4) is 0 Å². The summed E-state index contributed by atoms with van der Waals surface area (Å²) in [5.74, 6) is -0.0151. The Balaban J connectivity index is 2.17. The Hall–Kier alpha value is -1.20. The van der Waals surface area contributed by atoms with Gasteiger partial charge in [0.05, 0.1) is 18.1 Å². The first kappa shape index (κ1) is 14.2. The van der Waals surface area contributed by atoms with E-state index in [0.29, 0.717) is 17.1 Å². The van der Waals surface area contributed by atoms with Gasteiger partial charge in [0.25, 0.3) is 0 Å². The number of hydrogen-bond acceptors (Lipinski definition) is 3. The Morgan fingerprint density at radius 3 is 3.00 bits per heavy atom. The van der Waals surface area contributed by atoms with Gasteiger partial charge in [0.2, 0.25) is 0 Å². The van der Waals surface area contributed by atoms with E-state index in [0.717, 1.165) is 25.8 Å². The Morgan fingerprint density at radius 1 is 1.53 bits per heavy atom. The van der Waals surface area contributed by atoms with Crippen LogP contribution in [0.5, 0.6) is 5.75 Å². The van der Waals surface area contributed by atoms with Crippen molar-refractivity contribution in [1.29, 1.82) is 0 Å². The molecule has 19 heavy (non-hydrogen) atoms. The molecule has 1 aliphatic heterocycles. The number of likely N-dealkylation sites (tertiary alicyclic amines) is 1. The molecule has 0 saturated carbocycles. The molecule has 0 spiro atoms. The van der Waals surface area contributed by atoms with Crippen molar-refractivity contribution in [2.75, 3.05) is 13.7 Å². The van der Waals surface area contributed by atoms with Crippen LogP contribution >= 0.6 is 12.2 Å². The molecule has 0 aromatic heterocycles. The van der Waals surface area contributed by atoms with Gasteiger partial charge in [-0.25, -0.2) is 4.39 Å². The zero-order valence-corrected chi connectivity index (χ0v) is 11.9. The molecule has 1 heterocycles. The molecule has 3 nitrogen and oxygen atoms in total. The van der Waals surface area contributed by atoms with Crippen LogP contribution in [0.4, 0.5) is 4.39 Å². The lowest BCUT2D eigenvalue weighted by molar-refractivity contribution is 0.182. The van der Waals surface area contributed by atoms with Crippen molar-refractivity contribution < 1.29 is 9.13 Å². The van der Waals surface area contributed by atoms with Crippen molar-refractivity contribution in [3.8, 4) is 5.75 Å². The Kier molecular flexibility index (Phi) is 4.71. The lowest BCUT2D eigenvalue weighted by Crippen LogP contribution is -2.46. The maximum atomic E-state index is 14.1. The molecule has 1 aromatic rings. The number of rotatable bonds is 4. The Labute approximate surface area is 118 Å². The smallest absolute Gasteiger partial charge is 0.169 e. The van der Waals surface area contributed by atoms with E-state index in [1.54, 1.807) is 18.2 Å². The Morgan fingerprint density at radius 2 is 2.32 bits per heavy atom. The SMILES string of the molecule is COc1cccc(CN2CCCCC2C(N)=S)c1F. The highest BCUT2D eigenvalue weighted by atomic mass is 32.1. The van der Waals surface area contributed by atoms with E-state index in [2.05, 4.69) is 4.90 Å². The predicted octanol–water partition coefficient (Wildman–Crippen LogP) is 2.47. The van der Waals surface area contributed by atoms with Crippen molar-refractivity contribution in [2.24, 2.45) is 5.73 Å². The molecule has 1 aromatic carbocycles.